The maximum absolute atomic E-state index is 9.58. The predicted octanol–water partition coefficient (Wildman–Crippen LogP) is 3.17. The van der Waals surface area contributed by atoms with Crippen LogP contribution in [0.1, 0.15) is 12.0 Å². The smallest absolute Gasteiger partial charge is 0.124 e. The van der Waals surface area contributed by atoms with Gasteiger partial charge < -0.3 is 10.4 Å². The molecule has 1 aliphatic heterocycles. The number of hydrogen-bond acceptors (Lipinski definition) is 2. The Morgan fingerprint density at radius 2 is 2.12 bits per heavy atom. The largest absolute Gasteiger partial charge is 0.374 e. The number of nitrogens with one attached hydrogen (secondary N) is 1. The van der Waals surface area contributed by atoms with Crippen molar-refractivity contribution in [2.45, 2.75) is 19.1 Å². The van der Waals surface area contributed by atoms with Crippen molar-refractivity contribution in [3.05, 3.63) is 40.9 Å². The molecular formula is C13H12ClNO. The molecule has 0 aromatic heterocycles. The monoisotopic (exact) mass is 233 g/mol. The summed E-state index contributed by atoms with van der Waals surface area (Å²) in [5.74, 6) is 0. The van der Waals surface area contributed by atoms with Crippen LogP contribution in [0.3, 0.4) is 0 Å². The molecule has 3 heteroatoms. The normalized spacial score (nSPS) is 19.2. The van der Waals surface area contributed by atoms with Crippen molar-refractivity contribution in [3.8, 4) is 0 Å². The summed E-state index contributed by atoms with van der Waals surface area (Å²) in [5.41, 5.74) is 2.10. The zero-order chi connectivity index (χ0) is 11.1. The Bertz CT molecular complexity index is 553. The summed E-state index contributed by atoms with van der Waals surface area (Å²) in [6, 6.07) is 10.1. The van der Waals surface area contributed by atoms with Crippen molar-refractivity contribution in [1.29, 1.82) is 0 Å². The fourth-order valence-corrected chi connectivity index (χ4v) is 2.61. The molecule has 0 amide bonds. The summed E-state index contributed by atoms with van der Waals surface area (Å²) in [6.45, 7) is 0. The summed E-state index contributed by atoms with van der Waals surface area (Å²) >= 11 is 6.21. The second-order valence-corrected chi connectivity index (χ2v) is 4.54. The number of aliphatic hydroxyl groups excluding tert-OH is 1. The van der Waals surface area contributed by atoms with Crippen LogP contribution >= 0.6 is 11.6 Å². The number of rotatable bonds is 0. The lowest BCUT2D eigenvalue weighted by atomic mass is 9.95. The van der Waals surface area contributed by atoms with E-state index in [1.54, 1.807) is 0 Å². The number of anilines is 1. The van der Waals surface area contributed by atoms with E-state index in [1.165, 1.54) is 10.9 Å². The molecule has 0 saturated carbocycles. The van der Waals surface area contributed by atoms with Gasteiger partial charge in [0.05, 0.1) is 10.7 Å². The van der Waals surface area contributed by atoms with Gasteiger partial charge in [-0.1, -0.05) is 35.9 Å². The predicted molar refractivity (Wildman–Crippen MR) is 66.9 cm³/mol. The Hall–Kier alpha value is -1.25. The third-order valence-electron chi connectivity index (χ3n) is 3.09. The number of aliphatic hydroxyl groups is 1. The van der Waals surface area contributed by atoms with Gasteiger partial charge in [-0.3, -0.25) is 0 Å². The van der Waals surface area contributed by atoms with Gasteiger partial charge in [-0.2, -0.15) is 0 Å². The Balaban J connectivity index is 2.32. The molecule has 0 fully saturated rings. The van der Waals surface area contributed by atoms with Crippen molar-refractivity contribution in [1.82, 2.24) is 0 Å². The second kappa shape index (κ2) is 3.65. The van der Waals surface area contributed by atoms with Crippen molar-refractivity contribution >= 4 is 28.1 Å². The summed E-state index contributed by atoms with van der Waals surface area (Å²) in [4.78, 5) is 0. The van der Waals surface area contributed by atoms with Crippen LogP contribution in [-0.4, -0.2) is 11.3 Å². The molecule has 16 heavy (non-hydrogen) atoms. The molecule has 2 aromatic rings. The van der Waals surface area contributed by atoms with Gasteiger partial charge in [0.1, 0.15) is 6.23 Å². The zero-order valence-electron chi connectivity index (χ0n) is 8.70. The van der Waals surface area contributed by atoms with Crippen LogP contribution in [-0.2, 0) is 6.42 Å². The topological polar surface area (TPSA) is 32.3 Å². The van der Waals surface area contributed by atoms with Crippen molar-refractivity contribution in [3.63, 3.8) is 0 Å². The first kappa shape index (κ1) is 9.94. The van der Waals surface area contributed by atoms with E-state index in [0.717, 1.165) is 23.9 Å². The summed E-state index contributed by atoms with van der Waals surface area (Å²) in [7, 11) is 0. The highest BCUT2D eigenvalue weighted by Gasteiger charge is 2.19. The summed E-state index contributed by atoms with van der Waals surface area (Å²) < 4.78 is 0. The molecule has 2 nitrogen and oxygen atoms in total. The van der Waals surface area contributed by atoms with Gasteiger partial charge in [-0.05, 0) is 35.2 Å². The molecule has 1 heterocycles. The van der Waals surface area contributed by atoms with E-state index in [-0.39, 0.29) is 0 Å². The van der Waals surface area contributed by atoms with Crippen LogP contribution in [0.4, 0.5) is 5.69 Å². The van der Waals surface area contributed by atoms with E-state index in [4.69, 9.17) is 11.6 Å². The quantitative estimate of drug-likeness (QED) is 0.733. The van der Waals surface area contributed by atoms with Crippen LogP contribution in [0.5, 0.6) is 0 Å². The van der Waals surface area contributed by atoms with E-state index in [2.05, 4.69) is 17.4 Å². The average Bonchev–Trinajstić information content (AvgIpc) is 2.29. The molecule has 0 spiro atoms. The van der Waals surface area contributed by atoms with Gasteiger partial charge in [0.2, 0.25) is 0 Å². The highest BCUT2D eigenvalue weighted by Crippen LogP contribution is 2.37. The van der Waals surface area contributed by atoms with Crippen molar-refractivity contribution in [2.75, 3.05) is 5.32 Å². The number of halogens is 1. The highest BCUT2D eigenvalue weighted by molar-refractivity contribution is 6.34. The first-order chi connectivity index (χ1) is 7.75. The lowest BCUT2D eigenvalue weighted by Gasteiger charge is -2.25. The van der Waals surface area contributed by atoms with Crippen LogP contribution in [0.25, 0.3) is 10.8 Å². The Morgan fingerprint density at radius 1 is 1.31 bits per heavy atom. The first-order valence-electron chi connectivity index (χ1n) is 5.40. The second-order valence-electron chi connectivity index (χ2n) is 4.13. The number of aryl methyl sites for hydroxylation is 1. The third kappa shape index (κ3) is 1.46. The Morgan fingerprint density at radius 3 is 3.00 bits per heavy atom. The SMILES string of the molecule is OC1CCc2c(c(Cl)cc3ccccc23)N1. The van der Waals surface area contributed by atoms with Crippen molar-refractivity contribution in [2.24, 2.45) is 0 Å². The number of hydrogen-bond donors (Lipinski definition) is 2. The third-order valence-corrected chi connectivity index (χ3v) is 3.39. The van der Waals surface area contributed by atoms with Crippen LogP contribution in [0, 0.1) is 0 Å². The van der Waals surface area contributed by atoms with Gasteiger partial charge in [-0.15, -0.1) is 0 Å². The minimum atomic E-state index is -0.480. The van der Waals surface area contributed by atoms with Crippen molar-refractivity contribution < 1.29 is 5.11 Å². The molecule has 3 rings (SSSR count). The molecule has 0 aliphatic carbocycles. The van der Waals surface area contributed by atoms with Crippen LogP contribution in [0.2, 0.25) is 5.02 Å². The molecule has 1 atom stereocenters. The fourth-order valence-electron chi connectivity index (χ4n) is 2.32. The molecule has 0 radical (unpaired) electrons. The molecule has 82 valence electrons. The Kier molecular flexibility index (Phi) is 2.27. The van der Waals surface area contributed by atoms with Gasteiger partial charge in [0.15, 0.2) is 0 Å². The fraction of sp³-hybridized carbons (Fsp3) is 0.231. The lowest BCUT2D eigenvalue weighted by Crippen LogP contribution is -2.25. The maximum atomic E-state index is 9.58. The molecule has 1 aliphatic rings. The summed E-state index contributed by atoms with van der Waals surface area (Å²) in [5, 5.41) is 15.7. The van der Waals surface area contributed by atoms with E-state index in [1.807, 2.05) is 18.2 Å². The van der Waals surface area contributed by atoms with E-state index in [9.17, 15) is 5.11 Å². The molecule has 2 N–H and O–H groups in total. The zero-order valence-corrected chi connectivity index (χ0v) is 9.46. The molecular weight excluding hydrogens is 222 g/mol. The number of fused-ring (bicyclic) bond motifs is 3. The van der Waals surface area contributed by atoms with E-state index >= 15 is 0 Å². The maximum Gasteiger partial charge on any atom is 0.124 e. The minimum Gasteiger partial charge on any atom is -0.374 e. The van der Waals surface area contributed by atoms with Crippen LogP contribution < -0.4 is 5.32 Å². The van der Waals surface area contributed by atoms with Gasteiger partial charge in [-0.25, -0.2) is 0 Å². The van der Waals surface area contributed by atoms with Crippen LogP contribution in [0.15, 0.2) is 30.3 Å². The molecule has 0 saturated heterocycles. The molecule has 2 aromatic carbocycles. The highest BCUT2D eigenvalue weighted by atomic mass is 35.5. The average molecular weight is 234 g/mol. The Labute approximate surface area is 98.8 Å². The van der Waals surface area contributed by atoms with E-state index < -0.39 is 6.23 Å². The lowest BCUT2D eigenvalue weighted by molar-refractivity contribution is 0.189. The van der Waals surface area contributed by atoms with Gasteiger partial charge in [0, 0.05) is 0 Å². The van der Waals surface area contributed by atoms with Gasteiger partial charge in [0.25, 0.3) is 0 Å². The summed E-state index contributed by atoms with van der Waals surface area (Å²) in [6.07, 6.45) is 1.12. The van der Waals surface area contributed by atoms with E-state index in [0.29, 0.717) is 5.02 Å². The molecule has 0 bridgehead atoms. The van der Waals surface area contributed by atoms with Gasteiger partial charge >= 0.3 is 0 Å². The minimum absolute atomic E-state index is 0.480. The standard InChI is InChI=1S/C13H12ClNO/c14-11-7-8-3-1-2-4-9(8)10-5-6-12(16)15-13(10)11/h1-4,7,12,15-16H,5-6H2. The number of benzene rings is 2. The molecule has 1 unspecified atom stereocenters. The first-order valence-corrected chi connectivity index (χ1v) is 5.78.